The summed E-state index contributed by atoms with van der Waals surface area (Å²) in [5.74, 6) is -6.62. The Morgan fingerprint density at radius 1 is 1.05 bits per heavy atom. The minimum absolute atomic E-state index is 0.0304. The second-order valence-corrected chi connectivity index (χ2v) is 11.8. The summed E-state index contributed by atoms with van der Waals surface area (Å²) in [7, 11) is 0. The van der Waals surface area contributed by atoms with Crippen molar-refractivity contribution >= 4 is 11.9 Å². The quantitative estimate of drug-likeness (QED) is 0.122. The molecule has 0 aliphatic carbocycles. The minimum Gasteiger partial charge on any atom is -0.491 e. The molecular formula is C27H43F5O7. The van der Waals surface area contributed by atoms with Gasteiger partial charge in [0.2, 0.25) is 0 Å². The van der Waals surface area contributed by atoms with E-state index in [0.29, 0.717) is 6.61 Å². The molecule has 0 aromatic rings. The molecule has 0 bridgehead atoms. The molecular weight excluding hydrogens is 531 g/mol. The monoisotopic (exact) mass is 574 g/mol. The van der Waals surface area contributed by atoms with Crippen molar-refractivity contribution in [3.8, 4) is 0 Å². The highest BCUT2D eigenvalue weighted by atomic mass is 19.4. The molecule has 0 aromatic heterocycles. The van der Waals surface area contributed by atoms with Gasteiger partial charge in [-0.3, -0.25) is 9.59 Å². The largest absolute Gasteiger partial charge is 0.491 e. The van der Waals surface area contributed by atoms with Crippen LogP contribution in [-0.4, -0.2) is 61.9 Å². The van der Waals surface area contributed by atoms with Crippen LogP contribution in [0.2, 0.25) is 0 Å². The third kappa shape index (κ3) is 11.6. The van der Waals surface area contributed by atoms with Crippen LogP contribution in [0.5, 0.6) is 0 Å². The van der Waals surface area contributed by atoms with Gasteiger partial charge in [0, 0.05) is 24.9 Å². The first-order valence-corrected chi connectivity index (χ1v) is 13.0. The second kappa shape index (κ2) is 13.6. The molecule has 1 aliphatic rings. The second-order valence-electron chi connectivity index (χ2n) is 11.8. The summed E-state index contributed by atoms with van der Waals surface area (Å²) < 4.78 is 91.2. The van der Waals surface area contributed by atoms with Crippen LogP contribution in [0.4, 0.5) is 22.0 Å². The Labute approximate surface area is 227 Å². The number of halogens is 5. The first-order chi connectivity index (χ1) is 17.6. The number of hydrogen-bond acceptors (Lipinski definition) is 7. The van der Waals surface area contributed by atoms with Crippen molar-refractivity contribution in [2.75, 3.05) is 19.8 Å². The average molecular weight is 575 g/mol. The lowest BCUT2D eigenvalue weighted by molar-refractivity contribution is -0.294. The zero-order valence-electron chi connectivity index (χ0n) is 24.0. The van der Waals surface area contributed by atoms with Crippen molar-refractivity contribution in [3.05, 3.63) is 12.3 Å². The van der Waals surface area contributed by atoms with Gasteiger partial charge < -0.3 is 23.7 Å². The first kappa shape index (κ1) is 35.1. The van der Waals surface area contributed by atoms with Crippen molar-refractivity contribution in [2.24, 2.45) is 10.8 Å². The Morgan fingerprint density at radius 3 is 2.15 bits per heavy atom. The highest BCUT2D eigenvalue weighted by Crippen LogP contribution is 2.43. The Balaban J connectivity index is 2.93. The highest BCUT2D eigenvalue weighted by Gasteiger charge is 2.58. The zero-order chi connectivity index (χ0) is 30.3. The minimum atomic E-state index is -5.77. The molecule has 0 radical (unpaired) electrons. The maximum Gasteiger partial charge on any atom is 0.456 e. The van der Waals surface area contributed by atoms with Gasteiger partial charge in [-0.05, 0) is 47.0 Å². The number of rotatable bonds is 15. The van der Waals surface area contributed by atoms with Gasteiger partial charge in [-0.15, -0.1) is 0 Å². The van der Waals surface area contributed by atoms with Gasteiger partial charge in [-0.1, -0.05) is 27.4 Å². The van der Waals surface area contributed by atoms with Crippen molar-refractivity contribution in [3.63, 3.8) is 0 Å². The standard InChI is InChI=1S/C27H43F5O7/c1-9-25(8,16-24(6,7)18(2)37-17-26(28,29)27(30,31)32)22(34)38-19(15-20(33)39-23(3,4)5)12-14-36-21-11-10-13-35-21/h19,21H,2,9-17H2,1,3-8H3. The van der Waals surface area contributed by atoms with E-state index in [9.17, 15) is 31.5 Å². The molecule has 1 saturated heterocycles. The average Bonchev–Trinajstić information content (AvgIpc) is 3.28. The van der Waals surface area contributed by atoms with Crippen molar-refractivity contribution in [2.45, 2.75) is 117 Å². The fourth-order valence-corrected chi connectivity index (χ4v) is 3.95. The molecule has 1 rings (SSSR count). The summed E-state index contributed by atoms with van der Waals surface area (Å²) in [5, 5.41) is 0. The molecule has 0 spiro atoms. The van der Waals surface area contributed by atoms with Crippen LogP contribution in [0.25, 0.3) is 0 Å². The van der Waals surface area contributed by atoms with Crippen molar-refractivity contribution in [1.82, 2.24) is 0 Å². The molecule has 1 aliphatic heterocycles. The van der Waals surface area contributed by atoms with Crippen LogP contribution in [0.3, 0.4) is 0 Å². The molecule has 3 atom stereocenters. The number of ether oxygens (including phenoxy) is 5. The first-order valence-electron chi connectivity index (χ1n) is 13.0. The fraction of sp³-hybridized carbons (Fsp3) is 0.852. The van der Waals surface area contributed by atoms with Gasteiger partial charge in [0.25, 0.3) is 0 Å². The molecule has 0 N–H and O–H groups in total. The molecule has 39 heavy (non-hydrogen) atoms. The van der Waals surface area contributed by atoms with E-state index < -0.39 is 53.2 Å². The Kier molecular flexibility index (Phi) is 12.2. The number of carbonyl (C=O) groups excluding carboxylic acids is 2. The highest BCUT2D eigenvalue weighted by molar-refractivity contribution is 5.77. The fourth-order valence-electron chi connectivity index (χ4n) is 3.95. The van der Waals surface area contributed by atoms with E-state index in [2.05, 4.69) is 6.58 Å². The third-order valence-corrected chi connectivity index (χ3v) is 6.42. The normalized spacial score (nSPS) is 19.2. The molecule has 7 nitrogen and oxygen atoms in total. The van der Waals surface area contributed by atoms with Gasteiger partial charge in [0.1, 0.15) is 11.7 Å². The summed E-state index contributed by atoms with van der Waals surface area (Å²) >= 11 is 0. The van der Waals surface area contributed by atoms with Gasteiger partial charge in [0.15, 0.2) is 12.9 Å². The van der Waals surface area contributed by atoms with E-state index in [1.54, 1.807) is 34.6 Å². The van der Waals surface area contributed by atoms with Crippen molar-refractivity contribution < 1.29 is 55.2 Å². The summed E-state index contributed by atoms with van der Waals surface area (Å²) in [5.41, 5.74) is -3.12. The number of alkyl halides is 5. The molecule has 12 heteroatoms. The number of hydrogen-bond donors (Lipinski definition) is 0. The number of carbonyl (C=O) groups is 2. The maximum absolute atomic E-state index is 13.4. The predicted molar refractivity (Wildman–Crippen MR) is 133 cm³/mol. The molecule has 1 fully saturated rings. The molecule has 0 amide bonds. The maximum atomic E-state index is 13.4. The Hall–Kier alpha value is -1.95. The summed E-state index contributed by atoms with van der Waals surface area (Å²) in [6.45, 7) is 13.8. The zero-order valence-corrected chi connectivity index (χ0v) is 24.0. The SMILES string of the molecule is C=C(OCC(F)(F)C(F)(F)F)C(C)(C)CC(C)(CC)C(=O)OC(CCOC1CCCO1)CC(=O)OC(C)(C)C. The Morgan fingerprint density at radius 2 is 1.67 bits per heavy atom. The summed E-state index contributed by atoms with van der Waals surface area (Å²) in [6, 6.07) is 0. The lowest BCUT2D eigenvalue weighted by atomic mass is 9.71. The van der Waals surface area contributed by atoms with Gasteiger partial charge in [-0.25, -0.2) is 0 Å². The van der Waals surface area contributed by atoms with Crippen LogP contribution in [0, 0.1) is 10.8 Å². The summed E-state index contributed by atoms with van der Waals surface area (Å²) in [4.78, 5) is 25.8. The lowest BCUT2D eigenvalue weighted by Gasteiger charge is -2.37. The van der Waals surface area contributed by atoms with E-state index in [-0.39, 0.29) is 44.3 Å². The smallest absolute Gasteiger partial charge is 0.456 e. The van der Waals surface area contributed by atoms with E-state index in [0.717, 1.165) is 12.8 Å². The summed E-state index contributed by atoms with van der Waals surface area (Å²) in [6.07, 6.45) is -5.22. The topological polar surface area (TPSA) is 80.3 Å². The van der Waals surface area contributed by atoms with Crippen LogP contribution >= 0.6 is 0 Å². The van der Waals surface area contributed by atoms with Gasteiger partial charge in [-0.2, -0.15) is 22.0 Å². The van der Waals surface area contributed by atoms with E-state index in [1.807, 2.05) is 0 Å². The van der Waals surface area contributed by atoms with E-state index in [4.69, 9.17) is 23.7 Å². The Bertz CT molecular complexity index is 829. The van der Waals surface area contributed by atoms with Crippen molar-refractivity contribution in [1.29, 1.82) is 0 Å². The van der Waals surface area contributed by atoms with Gasteiger partial charge in [0.05, 0.1) is 24.2 Å². The van der Waals surface area contributed by atoms with Gasteiger partial charge >= 0.3 is 24.0 Å². The molecule has 3 unspecified atom stereocenters. The third-order valence-electron chi connectivity index (χ3n) is 6.42. The predicted octanol–water partition coefficient (Wildman–Crippen LogP) is 6.73. The molecule has 0 aromatic carbocycles. The van der Waals surface area contributed by atoms with E-state index >= 15 is 0 Å². The number of esters is 2. The molecule has 1 heterocycles. The molecule has 0 saturated carbocycles. The van der Waals surface area contributed by atoms with Crippen LogP contribution in [0.15, 0.2) is 12.3 Å². The number of allylic oxidation sites excluding steroid dienone is 1. The lowest BCUT2D eigenvalue weighted by Crippen LogP contribution is -2.42. The van der Waals surface area contributed by atoms with E-state index in [1.165, 1.54) is 13.8 Å². The van der Waals surface area contributed by atoms with Crippen LogP contribution in [-0.2, 0) is 33.3 Å². The van der Waals surface area contributed by atoms with Crippen LogP contribution in [0.1, 0.15) is 87.0 Å². The van der Waals surface area contributed by atoms with Crippen LogP contribution < -0.4 is 0 Å². The molecule has 228 valence electrons.